The first-order chi connectivity index (χ1) is 7.56. The molecule has 0 bridgehead atoms. The van der Waals surface area contributed by atoms with Gasteiger partial charge in [0.25, 0.3) is 0 Å². The summed E-state index contributed by atoms with van der Waals surface area (Å²) in [4.78, 5) is 25.6. The monoisotopic (exact) mass is 243 g/mol. The summed E-state index contributed by atoms with van der Waals surface area (Å²) in [7, 11) is 0. The van der Waals surface area contributed by atoms with Crippen LogP contribution in [-0.4, -0.2) is 23.9 Å². The van der Waals surface area contributed by atoms with Crippen molar-refractivity contribution in [3.63, 3.8) is 0 Å². The Morgan fingerprint density at radius 2 is 2.31 bits per heavy atom. The average molecular weight is 244 g/mol. The van der Waals surface area contributed by atoms with E-state index in [1.165, 1.54) is 13.0 Å². The fourth-order valence-electron chi connectivity index (χ4n) is 1.33. The molecule has 0 aliphatic rings. The van der Waals surface area contributed by atoms with E-state index in [0.29, 0.717) is 18.9 Å². The van der Waals surface area contributed by atoms with E-state index in [4.69, 9.17) is 17.3 Å². The Balaban J connectivity index is 3.04. The minimum absolute atomic E-state index is 0.0985. The van der Waals surface area contributed by atoms with Crippen molar-refractivity contribution >= 4 is 23.2 Å². The van der Waals surface area contributed by atoms with Gasteiger partial charge in [0, 0.05) is 12.6 Å². The molecule has 0 unspecified atom stereocenters. The third-order valence-electron chi connectivity index (χ3n) is 2.03. The summed E-state index contributed by atoms with van der Waals surface area (Å²) in [5.74, 6) is 0.0617. The third kappa shape index (κ3) is 3.08. The molecule has 5 nitrogen and oxygen atoms in total. The largest absolute Gasteiger partial charge is 0.371 e. The number of rotatable bonds is 5. The van der Waals surface area contributed by atoms with E-state index in [-0.39, 0.29) is 21.9 Å². The van der Waals surface area contributed by atoms with E-state index in [1.54, 1.807) is 0 Å². The summed E-state index contributed by atoms with van der Waals surface area (Å²) in [6.07, 6.45) is 0.742. The molecule has 0 spiro atoms. The number of Topliss-reactive ketones (excluding diaryl/α,β-unsaturated/α-hetero) is 1. The first-order valence-corrected chi connectivity index (χ1v) is 5.31. The van der Waals surface area contributed by atoms with Crippen molar-refractivity contribution in [2.45, 2.75) is 13.3 Å². The van der Waals surface area contributed by atoms with Gasteiger partial charge in [0.2, 0.25) is 0 Å². The summed E-state index contributed by atoms with van der Waals surface area (Å²) < 4.78 is 0. The number of aromatic amines is 1. The minimum Gasteiger partial charge on any atom is -0.371 e. The lowest BCUT2D eigenvalue weighted by Crippen LogP contribution is -2.19. The molecule has 0 amide bonds. The second kappa shape index (κ2) is 5.67. The Morgan fingerprint density at radius 3 is 2.88 bits per heavy atom. The van der Waals surface area contributed by atoms with Gasteiger partial charge in [-0.25, -0.2) is 0 Å². The molecule has 4 N–H and O–H groups in total. The molecular formula is C10H14ClN3O2. The van der Waals surface area contributed by atoms with Gasteiger partial charge >= 0.3 is 0 Å². The number of aromatic nitrogens is 1. The molecule has 0 aliphatic carbocycles. The number of nitrogens with one attached hydrogen (secondary N) is 2. The van der Waals surface area contributed by atoms with Crippen molar-refractivity contribution in [3.05, 3.63) is 27.0 Å². The average Bonchev–Trinajstić information content (AvgIpc) is 2.16. The molecule has 0 radical (unpaired) electrons. The van der Waals surface area contributed by atoms with Crippen LogP contribution >= 0.6 is 11.6 Å². The zero-order valence-electron chi connectivity index (χ0n) is 8.97. The van der Waals surface area contributed by atoms with Gasteiger partial charge in [0.1, 0.15) is 16.5 Å². The van der Waals surface area contributed by atoms with Crippen LogP contribution in [0.1, 0.15) is 23.7 Å². The molecule has 1 rings (SSSR count). The SMILES string of the molecule is CC(=O)c1c(NCCCN)[nH]c(Cl)cc1=O. The number of H-pyrrole nitrogens is 1. The topological polar surface area (TPSA) is 88.0 Å². The highest BCUT2D eigenvalue weighted by molar-refractivity contribution is 6.29. The highest BCUT2D eigenvalue weighted by Gasteiger charge is 2.12. The maximum absolute atomic E-state index is 11.5. The van der Waals surface area contributed by atoms with E-state index in [2.05, 4.69) is 10.3 Å². The lowest BCUT2D eigenvalue weighted by molar-refractivity contribution is 0.101. The predicted molar refractivity (Wildman–Crippen MR) is 64.2 cm³/mol. The number of hydrogen-bond acceptors (Lipinski definition) is 4. The Hall–Kier alpha value is -1.33. The summed E-state index contributed by atoms with van der Waals surface area (Å²) >= 11 is 5.71. The summed E-state index contributed by atoms with van der Waals surface area (Å²) in [6, 6.07) is 1.19. The molecule has 0 saturated carbocycles. The van der Waals surface area contributed by atoms with Crippen LogP contribution in [0.25, 0.3) is 0 Å². The van der Waals surface area contributed by atoms with E-state index >= 15 is 0 Å². The maximum Gasteiger partial charge on any atom is 0.196 e. The zero-order valence-corrected chi connectivity index (χ0v) is 9.73. The predicted octanol–water partition coefficient (Wildman–Crippen LogP) is 0.992. The van der Waals surface area contributed by atoms with Crippen molar-refractivity contribution in [3.8, 4) is 0 Å². The Morgan fingerprint density at radius 1 is 1.62 bits per heavy atom. The number of pyridine rings is 1. The van der Waals surface area contributed by atoms with Crippen LogP contribution in [0.15, 0.2) is 10.9 Å². The number of nitrogens with two attached hydrogens (primary N) is 1. The lowest BCUT2D eigenvalue weighted by Gasteiger charge is -2.09. The molecule has 88 valence electrons. The summed E-state index contributed by atoms with van der Waals surface area (Å²) in [5.41, 5.74) is 5.06. The molecule has 0 aliphatic heterocycles. The van der Waals surface area contributed by atoms with Crippen molar-refractivity contribution in [2.24, 2.45) is 5.73 Å². The number of carbonyl (C=O) groups excluding carboxylic acids is 1. The standard InChI is InChI=1S/C10H14ClN3O2/c1-6(15)9-7(16)5-8(11)14-10(9)13-4-2-3-12/h5H,2-4,12H2,1H3,(H2,13,14,16). The first-order valence-electron chi connectivity index (χ1n) is 4.94. The number of carbonyl (C=O) groups is 1. The lowest BCUT2D eigenvalue weighted by atomic mass is 10.2. The van der Waals surface area contributed by atoms with Gasteiger partial charge in [0.15, 0.2) is 11.2 Å². The van der Waals surface area contributed by atoms with Gasteiger partial charge in [0.05, 0.1) is 0 Å². The van der Waals surface area contributed by atoms with E-state index < -0.39 is 0 Å². The highest BCUT2D eigenvalue weighted by Crippen LogP contribution is 2.12. The molecule has 1 aromatic rings. The fraction of sp³-hybridized carbons (Fsp3) is 0.400. The van der Waals surface area contributed by atoms with Crippen LogP contribution in [0.2, 0.25) is 5.15 Å². The van der Waals surface area contributed by atoms with Gasteiger partial charge in [-0.15, -0.1) is 0 Å². The van der Waals surface area contributed by atoms with Crippen LogP contribution in [0, 0.1) is 0 Å². The smallest absolute Gasteiger partial charge is 0.196 e. The van der Waals surface area contributed by atoms with Crippen LogP contribution < -0.4 is 16.5 Å². The van der Waals surface area contributed by atoms with Crippen molar-refractivity contribution in [2.75, 3.05) is 18.4 Å². The molecule has 6 heteroatoms. The number of ketones is 1. The molecule has 0 saturated heterocycles. The van der Waals surface area contributed by atoms with E-state index in [0.717, 1.165) is 6.42 Å². The molecule has 0 aromatic carbocycles. The molecule has 0 atom stereocenters. The second-order valence-electron chi connectivity index (χ2n) is 3.36. The molecule has 0 fully saturated rings. The third-order valence-corrected chi connectivity index (χ3v) is 2.24. The molecular weight excluding hydrogens is 230 g/mol. The number of halogens is 1. The zero-order chi connectivity index (χ0) is 12.1. The van der Waals surface area contributed by atoms with Gasteiger partial charge in [-0.2, -0.15) is 0 Å². The van der Waals surface area contributed by atoms with Gasteiger partial charge in [-0.3, -0.25) is 9.59 Å². The number of anilines is 1. The van der Waals surface area contributed by atoms with E-state index in [1.807, 2.05) is 0 Å². The van der Waals surface area contributed by atoms with E-state index in [9.17, 15) is 9.59 Å². The fourth-order valence-corrected chi connectivity index (χ4v) is 1.52. The quantitative estimate of drug-likeness (QED) is 0.409. The molecule has 16 heavy (non-hydrogen) atoms. The van der Waals surface area contributed by atoms with Crippen LogP contribution in [-0.2, 0) is 0 Å². The van der Waals surface area contributed by atoms with Gasteiger partial charge in [-0.1, -0.05) is 11.6 Å². The highest BCUT2D eigenvalue weighted by atomic mass is 35.5. The Labute approximate surface area is 98.0 Å². The Bertz CT molecular complexity index is 442. The first kappa shape index (κ1) is 12.7. The molecule has 1 aromatic heterocycles. The summed E-state index contributed by atoms with van der Waals surface area (Å²) in [5, 5.41) is 3.14. The summed E-state index contributed by atoms with van der Waals surface area (Å²) in [6.45, 7) is 2.45. The normalized spacial score (nSPS) is 10.2. The Kier molecular flexibility index (Phi) is 4.52. The van der Waals surface area contributed by atoms with Crippen LogP contribution in [0.5, 0.6) is 0 Å². The maximum atomic E-state index is 11.5. The van der Waals surface area contributed by atoms with Gasteiger partial charge < -0.3 is 16.0 Å². The van der Waals surface area contributed by atoms with Crippen LogP contribution in [0.4, 0.5) is 5.82 Å². The second-order valence-corrected chi connectivity index (χ2v) is 3.76. The molecule has 1 heterocycles. The van der Waals surface area contributed by atoms with Gasteiger partial charge in [-0.05, 0) is 19.9 Å². The van der Waals surface area contributed by atoms with Crippen molar-refractivity contribution in [1.29, 1.82) is 0 Å². The van der Waals surface area contributed by atoms with Crippen molar-refractivity contribution < 1.29 is 4.79 Å². The van der Waals surface area contributed by atoms with Crippen molar-refractivity contribution in [1.82, 2.24) is 4.98 Å². The van der Waals surface area contributed by atoms with Crippen LogP contribution in [0.3, 0.4) is 0 Å². The minimum atomic E-state index is -0.383. The number of hydrogen-bond donors (Lipinski definition) is 3.